The number of hydrogen-bond donors (Lipinski definition) is 2. The van der Waals surface area contributed by atoms with Gasteiger partial charge in [-0.15, -0.1) is 0 Å². The molecule has 0 spiro atoms. The van der Waals surface area contributed by atoms with Crippen molar-refractivity contribution >= 4 is 27.4 Å². The first-order chi connectivity index (χ1) is 17.5. The topological polar surface area (TPSA) is 126 Å². The lowest BCUT2D eigenvalue weighted by molar-refractivity contribution is 0.0985. The highest BCUT2D eigenvalue weighted by Gasteiger charge is 2.35. The SMILES string of the molecule is C[C@H]1COCCN1c1cc(C(C)(C)S(C)(=O)=O)nc(-c2ccc(NC(=O)NCc3ccncc3)cc2)n1. The molecule has 2 amide bonds. The van der Waals surface area contributed by atoms with Crippen LogP contribution in [0.1, 0.15) is 32.0 Å². The average Bonchev–Trinajstić information content (AvgIpc) is 2.88. The predicted molar refractivity (Wildman–Crippen MR) is 143 cm³/mol. The van der Waals surface area contributed by atoms with Crippen molar-refractivity contribution in [3.8, 4) is 11.4 Å². The van der Waals surface area contributed by atoms with E-state index in [4.69, 9.17) is 9.72 Å². The van der Waals surface area contributed by atoms with E-state index >= 15 is 0 Å². The Bertz CT molecular complexity index is 1350. The van der Waals surface area contributed by atoms with Crippen molar-refractivity contribution in [3.63, 3.8) is 0 Å². The van der Waals surface area contributed by atoms with Gasteiger partial charge < -0.3 is 20.3 Å². The molecule has 1 atom stereocenters. The van der Waals surface area contributed by atoms with E-state index in [2.05, 4.69) is 25.5 Å². The maximum Gasteiger partial charge on any atom is 0.319 e. The van der Waals surface area contributed by atoms with Crippen molar-refractivity contribution in [2.45, 2.75) is 38.1 Å². The number of aromatic nitrogens is 3. The lowest BCUT2D eigenvalue weighted by Crippen LogP contribution is -2.44. The van der Waals surface area contributed by atoms with E-state index in [9.17, 15) is 13.2 Å². The number of nitrogens with one attached hydrogen (secondary N) is 2. The van der Waals surface area contributed by atoms with Crippen LogP contribution in [-0.4, -0.2) is 61.5 Å². The molecular weight excluding hydrogens is 492 g/mol. The zero-order chi connectivity index (χ0) is 26.6. The van der Waals surface area contributed by atoms with Crippen LogP contribution in [0.4, 0.5) is 16.3 Å². The first kappa shape index (κ1) is 26.5. The van der Waals surface area contributed by atoms with Crippen molar-refractivity contribution in [1.82, 2.24) is 20.3 Å². The number of carbonyl (C=O) groups is 1. The van der Waals surface area contributed by atoms with E-state index in [-0.39, 0.29) is 12.1 Å². The van der Waals surface area contributed by atoms with E-state index in [0.29, 0.717) is 54.9 Å². The van der Waals surface area contributed by atoms with Gasteiger partial charge in [-0.3, -0.25) is 4.98 Å². The number of hydrogen-bond acceptors (Lipinski definition) is 8. The standard InChI is InChI=1S/C26H32N6O4S/c1-18-17-36-14-13-32(18)23-15-22(26(2,3)37(4,34)35)30-24(31-23)20-5-7-21(8-6-20)29-25(33)28-16-19-9-11-27-12-10-19/h5-12,15,18H,13-14,16-17H2,1-4H3,(H2,28,29,33)/t18-/m0/s1. The third-order valence-corrected chi connectivity index (χ3v) is 8.58. The first-order valence-corrected chi connectivity index (χ1v) is 13.9. The third-order valence-electron chi connectivity index (χ3n) is 6.52. The van der Waals surface area contributed by atoms with Gasteiger partial charge in [-0.2, -0.15) is 0 Å². The van der Waals surface area contributed by atoms with E-state index in [0.717, 1.165) is 5.56 Å². The Kier molecular flexibility index (Phi) is 7.74. The van der Waals surface area contributed by atoms with Crippen LogP contribution in [0.25, 0.3) is 11.4 Å². The predicted octanol–water partition coefficient (Wildman–Crippen LogP) is 3.37. The number of ether oxygens (including phenoxy) is 1. The molecule has 3 aromatic rings. The Balaban J connectivity index is 1.58. The van der Waals surface area contributed by atoms with Crippen LogP contribution < -0.4 is 15.5 Å². The first-order valence-electron chi connectivity index (χ1n) is 12.0. The number of anilines is 2. The van der Waals surface area contributed by atoms with Gasteiger partial charge in [-0.25, -0.2) is 23.2 Å². The van der Waals surface area contributed by atoms with Crippen molar-refractivity contribution in [1.29, 1.82) is 0 Å². The molecule has 196 valence electrons. The summed E-state index contributed by atoms with van der Waals surface area (Å²) in [5.41, 5.74) is 2.67. The lowest BCUT2D eigenvalue weighted by atomic mass is 10.1. The largest absolute Gasteiger partial charge is 0.377 e. The molecule has 11 heteroatoms. The summed E-state index contributed by atoms with van der Waals surface area (Å²) in [4.78, 5) is 27.8. The molecule has 1 aromatic carbocycles. The van der Waals surface area contributed by atoms with Crippen LogP contribution in [0, 0.1) is 0 Å². The molecule has 2 aromatic heterocycles. The maximum atomic E-state index is 12.6. The summed E-state index contributed by atoms with van der Waals surface area (Å²) in [5.74, 6) is 1.07. The van der Waals surface area contributed by atoms with Crippen LogP contribution in [0.2, 0.25) is 0 Å². The smallest absolute Gasteiger partial charge is 0.319 e. The quantitative estimate of drug-likeness (QED) is 0.482. The third kappa shape index (κ3) is 6.23. The number of amides is 2. The minimum absolute atomic E-state index is 0.0860. The summed E-state index contributed by atoms with van der Waals surface area (Å²) >= 11 is 0. The molecule has 1 saturated heterocycles. The van der Waals surface area contributed by atoms with Gasteiger partial charge in [-0.05, 0) is 62.7 Å². The molecule has 0 radical (unpaired) electrons. The fourth-order valence-electron chi connectivity index (χ4n) is 3.84. The van der Waals surface area contributed by atoms with Crippen LogP contribution in [-0.2, 0) is 25.9 Å². The second-order valence-electron chi connectivity index (χ2n) is 9.58. The highest BCUT2D eigenvalue weighted by molar-refractivity contribution is 7.91. The van der Waals surface area contributed by atoms with Gasteiger partial charge in [0.05, 0.1) is 24.9 Å². The molecule has 0 aliphatic carbocycles. The molecule has 0 bridgehead atoms. The number of nitrogens with zero attached hydrogens (tertiary/aromatic N) is 4. The molecule has 1 aliphatic rings. The summed E-state index contributed by atoms with van der Waals surface area (Å²) in [6.45, 7) is 7.51. The van der Waals surface area contributed by atoms with Gasteiger partial charge in [0.2, 0.25) is 0 Å². The van der Waals surface area contributed by atoms with E-state index in [1.807, 2.05) is 19.1 Å². The highest BCUT2D eigenvalue weighted by atomic mass is 32.2. The number of morpholine rings is 1. The molecule has 3 heterocycles. The molecule has 1 fully saturated rings. The number of pyridine rings is 1. The minimum atomic E-state index is -3.45. The average molecular weight is 525 g/mol. The summed E-state index contributed by atoms with van der Waals surface area (Å²) < 4.78 is 29.6. The van der Waals surface area contributed by atoms with Crippen LogP contribution >= 0.6 is 0 Å². The van der Waals surface area contributed by atoms with Gasteiger partial charge in [-0.1, -0.05) is 0 Å². The van der Waals surface area contributed by atoms with Crippen molar-refractivity contribution < 1.29 is 17.9 Å². The van der Waals surface area contributed by atoms with Gasteiger partial charge >= 0.3 is 6.03 Å². The molecule has 37 heavy (non-hydrogen) atoms. The van der Waals surface area contributed by atoms with Gasteiger partial charge in [0.25, 0.3) is 0 Å². The maximum absolute atomic E-state index is 12.6. The lowest BCUT2D eigenvalue weighted by Gasteiger charge is -2.35. The Morgan fingerprint density at radius 2 is 1.84 bits per heavy atom. The van der Waals surface area contributed by atoms with Crippen molar-refractivity contribution in [3.05, 3.63) is 66.1 Å². The number of benzene rings is 1. The van der Waals surface area contributed by atoms with Crippen LogP contribution in [0.5, 0.6) is 0 Å². The number of urea groups is 1. The minimum Gasteiger partial charge on any atom is -0.377 e. The molecule has 4 rings (SSSR count). The Labute approximate surface area is 217 Å². The summed E-state index contributed by atoms with van der Waals surface area (Å²) in [5, 5.41) is 5.61. The van der Waals surface area contributed by atoms with Crippen molar-refractivity contribution in [2.24, 2.45) is 0 Å². The van der Waals surface area contributed by atoms with Crippen LogP contribution in [0.3, 0.4) is 0 Å². The number of sulfone groups is 1. The fourth-order valence-corrected chi connectivity index (χ4v) is 4.32. The van der Waals surface area contributed by atoms with Gasteiger partial charge in [0.15, 0.2) is 15.7 Å². The number of carbonyl (C=O) groups excluding carboxylic acids is 1. The summed E-state index contributed by atoms with van der Waals surface area (Å²) in [6.07, 6.45) is 4.56. The zero-order valence-electron chi connectivity index (χ0n) is 21.4. The molecule has 2 N–H and O–H groups in total. The van der Waals surface area contributed by atoms with Crippen molar-refractivity contribution in [2.75, 3.05) is 36.2 Å². The second kappa shape index (κ2) is 10.8. The fraction of sp³-hybridized carbons (Fsp3) is 0.385. The second-order valence-corrected chi connectivity index (χ2v) is 12.1. The van der Waals surface area contributed by atoms with Gasteiger partial charge in [0.1, 0.15) is 10.6 Å². The zero-order valence-corrected chi connectivity index (χ0v) is 22.2. The van der Waals surface area contributed by atoms with E-state index < -0.39 is 14.6 Å². The van der Waals surface area contributed by atoms with Gasteiger partial charge in [0, 0.05) is 49.1 Å². The molecule has 1 aliphatic heterocycles. The number of rotatable bonds is 7. The van der Waals surface area contributed by atoms with E-state index in [1.165, 1.54) is 6.26 Å². The summed E-state index contributed by atoms with van der Waals surface area (Å²) in [7, 11) is -3.45. The highest BCUT2D eigenvalue weighted by Crippen LogP contribution is 2.32. The van der Waals surface area contributed by atoms with E-state index in [1.54, 1.807) is 56.6 Å². The Morgan fingerprint density at radius 3 is 2.49 bits per heavy atom. The molecular formula is C26H32N6O4S. The molecule has 0 unspecified atom stereocenters. The normalized spacial score (nSPS) is 16.3. The Morgan fingerprint density at radius 1 is 1.14 bits per heavy atom. The monoisotopic (exact) mass is 524 g/mol. The molecule has 0 saturated carbocycles. The summed E-state index contributed by atoms with van der Waals surface area (Å²) in [6, 6.07) is 12.3. The Hall–Kier alpha value is -3.57. The molecule has 10 nitrogen and oxygen atoms in total. The van der Waals surface area contributed by atoms with Crippen LogP contribution in [0.15, 0.2) is 54.9 Å².